The van der Waals surface area contributed by atoms with Crippen molar-refractivity contribution in [1.82, 2.24) is 15.1 Å². The minimum Gasteiger partial charge on any atom is -0.355 e. The van der Waals surface area contributed by atoms with Crippen LogP contribution in [0.25, 0.3) is 0 Å². The Labute approximate surface area is 141 Å². The summed E-state index contributed by atoms with van der Waals surface area (Å²) in [5.74, 6) is 0.942. The molecule has 0 saturated heterocycles. The predicted octanol–water partition coefficient (Wildman–Crippen LogP) is 2.26. The Morgan fingerprint density at radius 1 is 1.04 bits per heavy atom. The monoisotopic (exact) mass is 325 g/mol. The fraction of sp³-hybridized carbons (Fsp3) is 0.889. The summed E-state index contributed by atoms with van der Waals surface area (Å²) in [6.45, 7) is 8.54. The second kappa shape index (κ2) is 10.6. The van der Waals surface area contributed by atoms with Crippen molar-refractivity contribution in [3.05, 3.63) is 0 Å². The van der Waals surface area contributed by atoms with E-state index in [1.54, 1.807) is 0 Å². The molecule has 0 bridgehead atoms. The molecule has 0 aromatic rings. The summed E-state index contributed by atoms with van der Waals surface area (Å²) in [7, 11) is 1.92. The Balaban J connectivity index is 2.47. The van der Waals surface area contributed by atoms with Gasteiger partial charge in [-0.2, -0.15) is 0 Å². The van der Waals surface area contributed by atoms with E-state index in [-0.39, 0.29) is 11.8 Å². The lowest BCUT2D eigenvalue weighted by Gasteiger charge is -2.34. The van der Waals surface area contributed by atoms with Gasteiger partial charge in [0.25, 0.3) is 0 Å². The van der Waals surface area contributed by atoms with Crippen molar-refractivity contribution in [2.24, 2.45) is 5.92 Å². The van der Waals surface area contributed by atoms with Gasteiger partial charge in [0.05, 0.1) is 13.1 Å². The van der Waals surface area contributed by atoms with E-state index in [0.29, 0.717) is 25.7 Å². The molecule has 0 aromatic carbocycles. The van der Waals surface area contributed by atoms with Crippen molar-refractivity contribution in [3.8, 4) is 0 Å². The van der Waals surface area contributed by atoms with Crippen molar-refractivity contribution in [2.75, 3.05) is 33.2 Å². The zero-order valence-electron chi connectivity index (χ0n) is 15.4. The number of amides is 2. The highest BCUT2D eigenvalue weighted by atomic mass is 16.2. The highest BCUT2D eigenvalue weighted by molar-refractivity contribution is 5.81. The molecule has 23 heavy (non-hydrogen) atoms. The first-order chi connectivity index (χ1) is 11.0. The van der Waals surface area contributed by atoms with E-state index in [4.69, 9.17) is 0 Å². The summed E-state index contributed by atoms with van der Waals surface area (Å²) in [6.07, 6.45) is 6.50. The van der Waals surface area contributed by atoms with E-state index < -0.39 is 0 Å². The molecule has 0 aromatic heterocycles. The molecule has 0 aliphatic heterocycles. The Hall–Kier alpha value is -1.10. The molecule has 0 spiro atoms. The molecule has 0 unspecified atom stereocenters. The van der Waals surface area contributed by atoms with E-state index in [2.05, 4.69) is 19.2 Å². The van der Waals surface area contributed by atoms with Crippen molar-refractivity contribution >= 4 is 11.8 Å². The fourth-order valence-corrected chi connectivity index (χ4v) is 3.19. The number of rotatable bonds is 9. The van der Waals surface area contributed by atoms with Crippen LogP contribution in [0, 0.1) is 5.92 Å². The maximum atomic E-state index is 12.6. The Bertz CT molecular complexity index is 365. The molecule has 134 valence electrons. The fourth-order valence-electron chi connectivity index (χ4n) is 3.19. The second-order valence-corrected chi connectivity index (χ2v) is 6.98. The van der Waals surface area contributed by atoms with Crippen LogP contribution in [0.2, 0.25) is 0 Å². The minimum absolute atomic E-state index is 0.0160. The maximum Gasteiger partial charge on any atom is 0.236 e. The molecule has 1 rings (SSSR count). The summed E-state index contributed by atoms with van der Waals surface area (Å²) in [6, 6.07) is 0.371. The number of likely N-dealkylation sites (N-methyl/N-ethyl adjacent to an activating group) is 1. The zero-order chi connectivity index (χ0) is 17.2. The van der Waals surface area contributed by atoms with Gasteiger partial charge in [-0.15, -0.1) is 0 Å². The quantitative estimate of drug-likeness (QED) is 0.707. The molecular formula is C18H35N3O2. The van der Waals surface area contributed by atoms with Gasteiger partial charge in [-0.25, -0.2) is 0 Å². The standard InChI is InChI=1S/C18H35N3O2/c1-5-11-19-17(22)13-21(12-6-2)14-18(23)20(4)16-9-7-15(3)8-10-16/h15-16H,5-14H2,1-4H3,(H,19,22). The number of carbonyl (C=O) groups excluding carboxylic acids is 2. The zero-order valence-corrected chi connectivity index (χ0v) is 15.4. The average Bonchev–Trinajstić information content (AvgIpc) is 2.53. The van der Waals surface area contributed by atoms with Crippen LogP contribution in [0.1, 0.15) is 59.3 Å². The summed E-state index contributed by atoms with van der Waals surface area (Å²) in [5.41, 5.74) is 0. The van der Waals surface area contributed by atoms with Crippen LogP contribution in [-0.4, -0.2) is 60.9 Å². The van der Waals surface area contributed by atoms with E-state index in [0.717, 1.165) is 38.1 Å². The number of nitrogens with zero attached hydrogens (tertiary/aromatic N) is 2. The Kier molecular flexibility index (Phi) is 9.22. The van der Waals surface area contributed by atoms with Crippen molar-refractivity contribution < 1.29 is 9.59 Å². The van der Waals surface area contributed by atoms with Gasteiger partial charge in [-0.1, -0.05) is 20.8 Å². The molecule has 0 radical (unpaired) electrons. The van der Waals surface area contributed by atoms with Crippen LogP contribution in [0.5, 0.6) is 0 Å². The third-order valence-corrected chi connectivity index (χ3v) is 4.76. The van der Waals surface area contributed by atoms with Crippen LogP contribution >= 0.6 is 0 Å². The van der Waals surface area contributed by atoms with Crippen molar-refractivity contribution in [2.45, 2.75) is 65.3 Å². The third kappa shape index (κ3) is 7.34. The first-order valence-electron chi connectivity index (χ1n) is 9.22. The van der Waals surface area contributed by atoms with Crippen molar-refractivity contribution in [3.63, 3.8) is 0 Å². The van der Waals surface area contributed by atoms with Gasteiger partial charge in [0.15, 0.2) is 0 Å². The first kappa shape index (κ1) is 19.9. The minimum atomic E-state index is 0.0160. The number of hydrogen-bond donors (Lipinski definition) is 1. The summed E-state index contributed by atoms with van der Waals surface area (Å²) >= 11 is 0. The highest BCUT2D eigenvalue weighted by Gasteiger charge is 2.26. The van der Waals surface area contributed by atoms with E-state index in [1.165, 1.54) is 12.8 Å². The Morgan fingerprint density at radius 2 is 1.70 bits per heavy atom. The van der Waals surface area contributed by atoms with Gasteiger partial charge >= 0.3 is 0 Å². The van der Waals surface area contributed by atoms with Gasteiger partial charge in [-0.05, 0) is 51.0 Å². The largest absolute Gasteiger partial charge is 0.355 e. The lowest BCUT2D eigenvalue weighted by atomic mass is 9.87. The third-order valence-electron chi connectivity index (χ3n) is 4.76. The van der Waals surface area contributed by atoms with E-state index in [1.807, 2.05) is 23.8 Å². The van der Waals surface area contributed by atoms with Crippen molar-refractivity contribution in [1.29, 1.82) is 0 Å². The maximum absolute atomic E-state index is 12.6. The molecule has 5 nitrogen and oxygen atoms in total. The predicted molar refractivity (Wildman–Crippen MR) is 94.2 cm³/mol. The number of nitrogens with one attached hydrogen (secondary N) is 1. The molecule has 5 heteroatoms. The molecule has 1 saturated carbocycles. The van der Waals surface area contributed by atoms with Gasteiger partial charge < -0.3 is 10.2 Å². The summed E-state index contributed by atoms with van der Waals surface area (Å²) in [4.78, 5) is 28.3. The molecule has 2 amide bonds. The van der Waals surface area contributed by atoms with Crippen LogP contribution < -0.4 is 5.32 Å². The number of hydrogen-bond acceptors (Lipinski definition) is 3. The molecule has 1 aliphatic carbocycles. The molecular weight excluding hydrogens is 290 g/mol. The van der Waals surface area contributed by atoms with Crippen LogP contribution in [-0.2, 0) is 9.59 Å². The molecule has 0 heterocycles. The smallest absolute Gasteiger partial charge is 0.236 e. The average molecular weight is 325 g/mol. The molecule has 1 N–H and O–H groups in total. The lowest BCUT2D eigenvalue weighted by molar-refractivity contribution is -0.134. The summed E-state index contributed by atoms with van der Waals surface area (Å²) < 4.78 is 0. The van der Waals surface area contributed by atoms with Gasteiger partial charge in [0.1, 0.15) is 0 Å². The first-order valence-corrected chi connectivity index (χ1v) is 9.22. The van der Waals surface area contributed by atoms with Crippen LogP contribution in [0.4, 0.5) is 0 Å². The Morgan fingerprint density at radius 3 is 2.26 bits per heavy atom. The molecule has 1 aliphatic rings. The normalized spacial score (nSPS) is 21.3. The highest BCUT2D eigenvalue weighted by Crippen LogP contribution is 2.26. The summed E-state index contributed by atoms with van der Waals surface area (Å²) in [5, 5.41) is 2.89. The van der Waals surface area contributed by atoms with E-state index >= 15 is 0 Å². The van der Waals surface area contributed by atoms with Gasteiger partial charge in [-0.3, -0.25) is 14.5 Å². The molecule has 0 atom stereocenters. The van der Waals surface area contributed by atoms with Crippen LogP contribution in [0.3, 0.4) is 0 Å². The molecule has 1 fully saturated rings. The van der Waals surface area contributed by atoms with E-state index in [9.17, 15) is 9.59 Å². The van der Waals surface area contributed by atoms with Gasteiger partial charge in [0.2, 0.25) is 11.8 Å². The topological polar surface area (TPSA) is 52.7 Å². The van der Waals surface area contributed by atoms with Crippen LogP contribution in [0.15, 0.2) is 0 Å². The number of carbonyl (C=O) groups is 2. The lowest BCUT2D eigenvalue weighted by Crippen LogP contribution is -2.47. The second-order valence-electron chi connectivity index (χ2n) is 6.98. The SMILES string of the molecule is CCCNC(=O)CN(CCC)CC(=O)N(C)C1CCC(C)CC1. The van der Waals surface area contributed by atoms with Gasteiger partial charge in [0, 0.05) is 19.6 Å².